The molecule has 2 aliphatic carbocycles. The summed E-state index contributed by atoms with van der Waals surface area (Å²) in [6, 6.07) is 53.7. The van der Waals surface area contributed by atoms with E-state index in [4.69, 9.17) is 4.42 Å². The highest BCUT2D eigenvalue weighted by Crippen LogP contribution is 2.55. The van der Waals surface area contributed by atoms with E-state index >= 15 is 0 Å². The van der Waals surface area contributed by atoms with E-state index in [-0.39, 0.29) is 33.9 Å². The molecular formula is C65H67BN2O. The second-order valence-corrected chi connectivity index (χ2v) is 24.8. The molecule has 0 fully saturated rings. The van der Waals surface area contributed by atoms with Crippen molar-refractivity contribution in [3.8, 4) is 33.4 Å². The largest absolute Gasteiger partial charge is 0.466 e. The quantitative estimate of drug-likeness (QED) is 0.164. The van der Waals surface area contributed by atoms with Gasteiger partial charge >= 0.3 is 6.85 Å². The molecule has 69 heavy (non-hydrogen) atoms. The van der Waals surface area contributed by atoms with E-state index in [1.807, 2.05) is 0 Å². The number of hydrogen-bond donors (Lipinski definition) is 0. The number of aryl methyl sites for hydroxylation is 1. The Kier molecular flexibility index (Phi) is 9.48. The Balaban J connectivity index is 1.22. The summed E-state index contributed by atoms with van der Waals surface area (Å²) >= 11 is 0. The lowest BCUT2D eigenvalue weighted by Crippen LogP contribution is -2.61. The van der Waals surface area contributed by atoms with Crippen molar-refractivity contribution in [3.05, 3.63) is 173 Å². The minimum atomic E-state index is -0.242. The predicted molar refractivity (Wildman–Crippen MR) is 295 cm³/mol. The zero-order chi connectivity index (χ0) is 48.2. The molecule has 0 amide bonds. The number of furan rings is 1. The second kappa shape index (κ2) is 14.9. The molecule has 1 aromatic heterocycles. The van der Waals surface area contributed by atoms with Crippen LogP contribution in [0.15, 0.2) is 144 Å². The fraction of sp³-hybridized carbons (Fsp3) is 0.323. The number of hydrogen-bond acceptors (Lipinski definition) is 3. The first kappa shape index (κ1) is 44.0. The summed E-state index contributed by atoms with van der Waals surface area (Å²) in [6.45, 7) is 28.5. The lowest BCUT2D eigenvalue weighted by atomic mass is 9.45. The number of rotatable bonds is 4. The van der Waals surface area contributed by atoms with Gasteiger partial charge < -0.3 is 14.1 Å². The van der Waals surface area contributed by atoms with Crippen LogP contribution in [0.1, 0.15) is 135 Å². The van der Waals surface area contributed by atoms with Crippen molar-refractivity contribution in [1.29, 1.82) is 0 Å². The van der Waals surface area contributed by atoms with Gasteiger partial charge in [-0.2, -0.15) is 0 Å². The average molecular weight is 903 g/mol. The van der Waals surface area contributed by atoms with Crippen LogP contribution in [0, 0.1) is 6.92 Å². The molecule has 4 aliphatic rings. The molecule has 0 saturated carbocycles. The summed E-state index contributed by atoms with van der Waals surface area (Å²) in [5.74, 6) is 0. The third-order valence-corrected chi connectivity index (χ3v) is 17.2. The van der Waals surface area contributed by atoms with E-state index < -0.39 is 0 Å². The third kappa shape index (κ3) is 6.75. The summed E-state index contributed by atoms with van der Waals surface area (Å²) in [4.78, 5) is 5.28. The molecule has 0 radical (unpaired) electrons. The van der Waals surface area contributed by atoms with Crippen molar-refractivity contribution in [3.63, 3.8) is 0 Å². The smallest absolute Gasteiger partial charge is 0.375 e. The molecule has 346 valence electrons. The van der Waals surface area contributed by atoms with Gasteiger partial charge in [0.05, 0.1) is 11.4 Å². The van der Waals surface area contributed by atoms with Gasteiger partial charge in [-0.05, 0) is 175 Å². The SMILES string of the molecule is Cc1cc2c3c(c1)N(c1ccc(C(C)(C)C)cc1-c1ccccc1)c1c(oc4cc5c(cc14)C(C)(C)CCC5(C)C)B3N(c1ccc3c(c1)C(C)(C)CCC3(C)C)c1ccc(-c3ccccc3)cc1-2. The van der Waals surface area contributed by atoms with Gasteiger partial charge in [0, 0.05) is 33.6 Å². The van der Waals surface area contributed by atoms with Gasteiger partial charge in [-0.15, -0.1) is 0 Å². The fourth-order valence-electron chi connectivity index (χ4n) is 12.8. The first-order valence-corrected chi connectivity index (χ1v) is 25.6. The molecule has 0 atom stereocenters. The predicted octanol–water partition coefficient (Wildman–Crippen LogP) is 16.8. The molecule has 0 spiro atoms. The highest BCUT2D eigenvalue weighted by molar-refractivity contribution is 6.93. The molecule has 3 nitrogen and oxygen atoms in total. The van der Waals surface area contributed by atoms with Crippen molar-refractivity contribution in [2.24, 2.45) is 0 Å². The number of benzene rings is 7. The van der Waals surface area contributed by atoms with Crippen molar-refractivity contribution in [2.45, 2.75) is 136 Å². The fourth-order valence-corrected chi connectivity index (χ4v) is 12.8. The van der Waals surface area contributed by atoms with Crippen LogP contribution >= 0.6 is 0 Å². The first-order valence-electron chi connectivity index (χ1n) is 25.6. The molecule has 0 bridgehead atoms. The number of nitrogens with zero attached hydrogens (tertiary/aromatic N) is 2. The molecule has 8 aromatic rings. The molecule has 4 heteroatoms. The molecule has 7 aromatic carbocycles. The average Bonchev–Trinajstić information content (AvgIpc) is 3.70. The van der Waals surface area contributed by atoms with Crippen LogP contribution < -0.4 is 20.8 Å². The van der Waals surface area contributed by atoms with Crippen LogP contribution in [-0.4, -0.2) is 6.85 Å². The third-order valence-electron chi connectivity index (χ3n) is 17.2. The standard InChI is InChI=1S/C65H67BN2O/c1-40-33-48-47-35-43(41-19-15-13-16-20-41)23-27-55(47)68(45-25-26-50-51(37-45)63(7,8)30-29-62(50,5)6)66-58(48)56(34-40)67(54-28-24-44(61(2,3)4)36-46(54)42-21-17-14-18-22-42)59-49-38-52-53(39-57(49)69-60(59)66)65(11,12)32-31-64(52,9)10/h13-28,33-39H,29-32H2,1-12H3. The summed E-state index contributed by atoms with van der Waals surface area (Å²) in [5.41, 5.74) is 25.0. The Morgan fingerprint density at radius 2 is 1.09 bits per heavy atom. The van der Waals surface area contributed by atoms with Crippen molar-refractivity contribution in [1.82, 2.24) is 0 Å². The van der Waals surface area contributed by atoms with Crippen LogP contribution in [0.25, 0.3) is 44.3 Å². The Morgan fingerprint density at radius 1 is 0.493 bits per heavy atom. The number of fused-ring (bicyclic) bond motifs is 8. The van der Waals surface area contributed by atoms with Gasteiger partial charge in [0.15, 0.2) is 0 Å². The highest BCUT2D eigenvalue weighted by atomic mass is 16.3. The zero-order valence-electron chi connectivity index (χ0n) is 43.0. The molecule has 0 N–H and O–H groups in total. The Bertz CT molecular complexity index is 3400. The molecule has 0 saturated heterocycles. The lowest BCUT2D eigenvalue weighted by Gasteiger charge is -2.46. The maximum absolute atomic E-state index is 7.74. The second-order valence-electron chi connectivity index (χ2n) is 24.8. The van der Waals surface area contributed by atoms with E-state index in [9.17, 15) is 0 Å². The van der Waals surface area contributed by atoms with Gasteiger partial charge in [-0.1, -0.05) is 161 Å². The monoisotopic (exact) mass is 903 g/mol. The Labute approximate surface area is 411 Å². The summed E-state index contributed by atoms with van der Waals surface area (Å²) in [6.07, 6.45) is 4.62. The lowest BCUT2D eigenvalue weighted by molar-refractivity contribution is 0.332. The van der Waals surface area contributed by atoms with E-state index in [0.29, 0.717) is 0 Å². The van der Waals surface area contributed by atoms with Gasteiger partial charge in [0.2, 0.25) is 0 Å². The molecule has 0 unspecified atom stereocenters. The minimum Gasteiger partial charge on any atom is -0.466 e. The van der Waals surface area contributed by atoms with E-state index in [1.54, 1.807) is 0 Å². The van der Waals surface area contributed by atoms with Crippen LogP contribution in [-0.2, 0) is 27.1 Å². The molecular weight excluding hydrogens is 836 g/mol. The van der Waals surface area contributed by atoms with Crippen LogP contribution in [0.3, 0.4) is 0 Å². The van der Waals surface area contributed by atoms with Gasteiger partial charge in [0.1, 0.15) is 11.2 Å². The number of anilines is 5. The summed E-state index contributed by atoms with van der Waals surface area (Å²) < 4.78 is 7.74. The normalized spacial score (nSPS) is 18.0. The first-order chi connectivity index (χ1) is 32.7. The van der Waals surface area contributed by atoms with Gasteiger partial charge in [-0.25, -0.2) is 0 Å². The highest BCUT2D eigenvalue weighted by Gasteiger charge is 2.50. The molecule has 12 rings (SSSR count). The van der Waals surface area contributed by atoms with Gasteiger partial charge in [0.25, 0.3) is 0 Å². The van der Waals surface area contributed by atoms with Crippen molar-refractivity contribution in [2.75, 3.05) is 9.71 Å². The van der Waals surface area contributed by atoms with Crippen LogP contribution in [0.5, 0.6) is 0 Å². The van der Waals surface area contributed by atoms with Crippen molar-refractivity contribution < 1.29 is 4.42 Å². The van der Waals surface area contributed by atoms with Crippen molar-refractivity contribution >= 4 is 57.4 Å². The van der Waals surface area contributed by atoms with E-state index in [1.165, 1.54) is 101 Å². The maximum atomic E-state index is 7.74. The topological polar surface area (TPSA) is 19.6 Å². The van der Waals surface area contributed by atoms with E-state index in [0.717, 1.165) is 41.9 Å². The van der Waals surface area contributed by atoms with Crippen LogP contribution in [0.4, 0.5) is 28.4 Å². The molecule has 2 aliphatic heterocycles. The van der Waals surface area contributed by atoms with Gasteiger partial charge in [-0.3, -0.25) is 0 Å². The molecule has 3 heterocycles. The van der Waals surface area contributed by atoms with Crippen LogP contribution in [0.2, 0.25) is 0 Å². The zero-order valence-corrected chi connectivity index (χ0v) is 43.0. The maximum Gasteiger partial charge on any atom is 0.375 e. The summed E-state index contributed by atoms with van der Waals surface area (Å²) in [7, 11) is 0. The Morgan fingerprint density at radius 3 is 1.74 bits per heavy atom. The minimum absolute atomic E-state index is 0.0178. The Hall–Kier alpha value is -6.26. The van der Waals surface area contributed by atoms with E-state index in [2.05, 4.69) is 232 Å². The summed E-state index contributed by atoms with van der Waals surface area (Å²) in [5, 5.41) is 1.18.